The number of nitrogens with one attached hydrogen (secondary N) is 1. The standard InChI is InChI=1S/C31H36N6O2/c1-36-27(15-10-22-8-4-3-5-9-22)29-26(35-36)13-11-23-21-32-31(34-30(23)29)33-25-14-12-24(20-28(25)38-2)39-19-18-37-16-6-7-17-37/h3-5,8-9,12,14,20-21H,6-7,10-11,13,15-19H2,1-2H3,(H,32,33,34). The van der Waals surface area contributed by atoms with Crippen molar-refractivity contribution in [3.05, 3.63) is 77.2 Å². The van der Waals surface area contributed by atoms with Crippen molar-refractivity contribution < 1.29 is 9.47 Å². The lowest BCUT2D eigenvalue weighted by Gasteiger charge is -2.18. The van der Waals surface area contributed by atoms with Crippen LogP contribution < -0.4 is 14.8 Å². The van der Waals surface area contributed by atoms with E-state index in [1.54, 1.807) is 7.11 Å². The van der Waals surface area contributed by atoms with E-state index >= 15 is 0 Å². The fourth-order valence-corrected chi connectivity index (χ4v) is 5.67. The van der Waals surface area contributed by atoms with Gasteiger partial charge in [0.2, 0.25) is 5.95 Å². The number of rotatable bonds is 10. The molecule has 1 aliphatic carbocycles. The van der Waals surface area contributed by atoms with Gasteiger partial charge < -0.3 is 14.8 Å². The highest BCUT2D eigenvalue weighted by Crippen LogP contribution is 2.36. The van der Waals surface area contributed by atoms with E-state index in [9.17, 15) is 0 Å². The van der Waals surface area contributed by atoms with E-state index in [4.69, 9.17) is 19.6 Å². The molecule has 1 fully saturated rings. The Balaban J connectivity index is 1.20. The first-order valence-corrected chi connectivity index (χ1v) is 13.9. The van der Waals surface area contributed by atoms with Gasteiger partial charge in [-0.2, -0.15) is 5.10 Å². The van der Waals surface area contributed by atoms with Crippen molar-refractivity contribution >= 4 is 11.6 Å². The van der Waals surface area contributed by atoms with Gasteiger partial charge in [-0.05, 0) is 74.9 Å². The average molecular weight is 525 g/mol. The molecule has 2 aromatic carbocycles. The average Bonchev–Trinajstić information content (AvgIpc) is 3.60. The number of hydrogen-bond acceptors (Lipinski definition) is 7. The molecule has 4 aromatic rings. The number of likely N-dealkylation sites (tertiary alicyclic amines) is 1. The summed E-state index contributed by atoms with van der Waals surface area (Å²) in [6.45, 7) is 3.97. The molecule has 0 bridgehead atoms. The van der Waals surface area contributed by atoms with Crippen molar-refractivity contribution in [1.82, 2.24) is 24.6 Å². The third-order valence-electron chi connectivity index (χ3n) is 7.76. The first kappa shape index (κ1) is 25.4. The van der Waals surface area contributed by atoms with Crippen molar-refractivity contribution in [1.29, 1.82) is 0 Å². The van der Waals surface area contributed by atoms with Crippen LogP contribution in [-0.4, -0.2) is 58.0 Å². The van der Waals surface area contributed by atoms with Gasteiger partial charge >= 0.3 is 0 Å². The number of aryl methyl sites for hydroxylation is 4. The molecule has 6 rings (SSSR count). The van der Waals surface area contributed by atoms with Crippen LogP contribution in [0, 0.1) is 0 Å². The molecule has 0 unspecified atom stereocenters. The molecular formula is C31H36N6O2. The number of anilines is 2. The lowest BCUT2D eigenvalue weighted by molar-refractivity contribution is 0.237. The van der Waals surface area contributed by atoms with E-state index in [2.05, 4.69) is 45.5 Å². The Morgan fingerprint density at radius 3 is 2.67 bits per heavy atom. The molecule has 202 valence electrons. The molecule has 2 aromatic heterocycles. The van der Waals surface area contributed by atoms with Gasteiger partial charge in [-0.25, -0.2) is 9.97 Å². The topological polar surface area (TPSA) is 77.3 Å². The Morgan fingerprint density at radius 1 is 1.00 bits per heavy atom. The fraction of sp³-hybridized carbons (Fsp3) is 0.387. The van der Waals surface area contributed by atoms with Crippen LogP contribution in [0.5, 0.6) is 11.5 Å². The highest BCUT2D eigenvalue weighted by Gasteiger charge is 2.26. The zero-order valence-electron chi connectivity index (χ0n) is 22.8. The van der Waals surface area contributed by atoms with Gasteiger partial charge in [0.1, 0.15) is 18.1 Å². The summed E-state index contributed by atoms with van der Waals surface area (Å²) in [4.78, 5) is 12.1. The number of benzene rings is 2. The van der Waals surface area contributed by atoms with Crippen LogP contribution in [0.1, 0.15) is 35.4 Å². The number of nitrogens with zero attached hydrogens (tertiary/aromatic N) is 5. The van der Waals surface area contributed by atoms with Crippen LogP contribution in [0.2, 0.25) is 0 Å². The Bertz CT molecular complexity index is 1430. The maximum Gasteiger partial charge on any atom is 0.227 e. The van der Waals surface area contributed by atoms with Gasteiger partial charge in [-0.15, -0.1) is 0 Å². The predicted molar refractivity (Wildman–Crippen MR) is 153 cm³/mol. The maximum absolute atomic E-state index is 6.01. The highest BCUT2D eigenvalue weighted by atomic mass is 16.5. The summed E-state index contributed by atoms with van der Waals surface area (Å²) in [5.74, 6) is 2.03. The second kappa shape index (κ2) is 11.5. The molecule has 3 heterocycles. The SMILES string of the molecule is COc1cc(OCCN2CCCC2)ccc1Nc1ncc2c(n1)-c1c(nn(C)c1CCc1ccccc1)CC2. The maximum atomic E-state index is 6.01. The molecule has 0 radical (unpaired) electrons. The van der Waals surface area contributed by atoms with Gasteiger partial charge in [0, 0.05) is 37.1 Å². The first-order valence-electron chi connectivity index (χ1n) is 13.9. The molecular weight excluding hydrogens is 488 g/mol. The normalized spacial score (nSPS) is 14.6. The summed E-state index contributed by atoms with van der Waals surface area (Å²) in [7, 11) is 3.71. The Labute approximate surface area is 230 Å². The minimum absolute atomic E-state index is 0.542. The molecule has 1 aliphatic heterocycles. The Morgan fingerprint density at radius 2 is 1.85 bits per heavy atom. The molecule has 2 aliphatic rings. The molecule has 0 saturated carbocycles. The number of fused-ring (bicyclic) bond motifs is 3. The minimum Gasteiger partial charge on any atom is -0.494 e. The smallest absolute Gasteiger partial charge is 0.227 e. The van der Waals surface area contributed by atoms with E-state index in [0.717, 1.165) is 66.2 Å². The van der Waals surface area contributed by atoms with E-state index < -0.39 is 0 Å². The lowest BCUT2D eigenvalue weighted by Crippen LogP contribution is -2.25. The van der Waals surface area contributed by atoms with Crippen LogP contribution in [0.25, 0.3) is 11.3 Å². The number of ether oxygens (including phenoxy) is 2. The van der Waals surface area contributed by atoms with Crippen LogP contribution in [0.15, 0.2) is 54.7 Å². The minimum atomic E-state index is 0.542. The van der Waals surface area contributed by atoms with E-state index in [1.807, 2.05) is 36.1 Å². The third-order valence-corrected chi connectivity index (χ3v) is 7.76. The Kier molecular flexibility index (Phi) is 7.45. The second-order valence-corrected chi connectivity index (χ2v) is 10.3. The van der Waals surface area contributed by atoms with E-state index in [0.29, 0.717) is 18.3 Å². The summed E-state index contributed by atoms with van der Waals surface area (Å²) in [6.07, 6.45) is 8.19. The van der Waals surface area contributed by atoms with Crippen LogP contribution in [-0.2, 0) is 32.7 Å². The van der Waals surface area contributed by atoms with E-state index in [-0.39, 0.29) is 0 Å². The number of aromatic nitrogens is 4. The number of methoxy groups -OCH3 is 1. The molecule has 8 heteroatoms. The van der Waals surface area contributed by atoms with Gasteiger partial charge in [0.25, 0.3) is 0 Å². The molecule has 0 spiro atoms. The first-order chi connectivity index (χ1) is 19.2. The summed E-state index contributed by atoms with van der Waals surface area (Å²) >= 11 is 0. The Hall–Kier alpha value is -3.91. The van der Waals surface area contributed by atoms with Gasteiger partial charge in [-0.1, -0.05) is 30.3 Å². The zero-order chi connectivity index (χ0) is 26.6. The predicted octanol–water partition coefficient (Wildman–Crippen LogP) is 4.99. The molecule has 1 N–H and O–H groups in total. The molecule has 8 nitrogen and oxygen atoms in total. The second-order valence-electron chi connectivity index (χ2n) is 10.3. The summed E-state index contributed by atoms with van der Waals surface area (Å²) in [6, 6.07) is 16.5. The summed E-state index contributed by atoms with van der Waals surface area (Å²) < 4.78 is 13.7. The van der Waals surface area contributed by atoms with Gasteiger partial charge in [-0.3, -0.25) is 9.58 Å². The fourth-order valence-electron chi connectivity index (χ4n) is 5.67. The van der Waals surface area contributed by atoms with Crippen LogP contribution in [0.3, 0.4) is 0 Å². The molecule has 0 atom stereocenters. The van der Waals surface area contributed by atoms with Crippen molar-refractivity contribution in [2.24, 2.45) is 7.05 Å². The van der Waals surface area contributed by atoms with E-state index in [1.165, 1.54) is 37.2 Å². The number of hydrogen-bond donors (Lipinski definition) is 1. The third kappa shape index (κ3) is 5.61. The highest BCUT2D eigenvalue weighted by molar-refractivity contribution is 5.73. The molecule has 1 saturated heterocycles. The van der Waals surface area contributed by atoms with Crippen LogP contribution in [0.4, 0.5) is 11.6 Å². The van der Waals surface area contributed by atoms with Crippen molar-refractivity contribution in [3.8, 4) is 22.8 Å². The largest absolute Gasteiger partial charge is 0.494 e. The summed E-state index contributed by atoms with van der Waals surface area (Å²) in [5.41, 5.74) is 7.76. The van der Waals surface area contributed by atoms with Crippen LogP contribution >= 0.6 is 0 Å². The van der Waals surface area contributed by atoms with Crippen molar-refractivity contribution in [2.45, 2.75) is 38.5 Å². The summed E-state index contributed by atoms with van der Waals surface area (Å²) in [5, 5.41) is 8.24. The van der Waals surface area contributed by atoms with Gasteiger partial charge in [0.15, 0.2) is 0 Å². The quantitative estimate of drug-likeness (QED) is 0.313. The zero-order valence-corrected chi connectivity index (χ0v) is 22.8. The molecule has 39 heavy (non-hydrogen) atoms. The monoisotopic (exact) mass is 524 g/mol. The molecule has 0 amide bonds. The van der Waals surface area contributed by atoms with Crippen molar-refractivity contribution in [2.75, 3.05) is 38.7 Å². The lowest BCUT2D eigenvalue weighted by atomic mass is 9.92. The van der Waals surface area contributed by atoms with Gasteiger partial charge in [0.05, 0.1) is 24.2 Å². The van der Waals surface area contributed by atoms with Crippen molar-refractivity contribution in [3.63, 3.8) is 0 Å².